The van der Waals surface area contributed by atoms with Crippen LogP contribution in [0.4, 0.5) is 0 Å². The fraction of sp³-hybridized carbons (Fsp3) is 0.217. The van der Waals surface area contributed by atoms with Crippen molar-refractivity contribution in [2.75, 3.05) is 0 Å². The lowest BCUT2D eigenvalue weighted by atomic mass is 9.87. The quantitative estimate of drug-likeness (QED) is 0.510. The lowest BCUT2D eigenvalue weighted by Crippen LogP contribution is -2.08. The van der Waals surface area contributed by atoms with E-state index in [1.807, 2.05) is 0 Å². The Labute approximate surface area is 139 Å². The normalized spacial score (nSPS) is 11.4. The Kier molecular flexibility index (Phi) is 4.34. The van der Waals surface area contributed by atoms with E-state index in [1.165, 1.54) is 27.8 Å². The highest BCUT2D eigenvalue weighted by molar-refractivity contribution is 5.70. The Morgan fingerprint density at radius 1 is 0.522 bits per heavy atom. The van der Waals surface area contributed by atoms with Gasteiger partial charge in [0.2, 0.25) is 0 Å². The first-order chi connectivity index (χ1) is 11.0. The Bertz CT molecular complexity index is 742. The summed E-state index contributed by atoms with van der Waals surface area (Å²) in [5, 5.41) is 0. The highest BCUT2D eigenvalue weighted by Gasteiger charge is 2.11. The van der Waals surface area contributed by atoms with Crippen LogP contribution >= 0.6 is 0 Å². The van der Waals surface area contributed by atoms with E-state index in [0.717, 1.165) is 6.42 Å². The van der Waals surface area contributed by atoms with Gasteiger partial charge in [-0.1, -0.05) is 99.6 Å². The summed E-state index contributed by atoms with van der Waals surface area (Å²) in [6.45, 7) is 6.84. The summed E-state index contributed by atoms with van der Waals surface area (Å²) >= 11 is 0. The molecule has 116 valence electrons. The highest BCUT2D eigenvalue weighted by atomic mass is 14.2. The molecule has 0 amide bonds. The Hall–Kier alpha value is -2.34. The molecule has 0 N–H and O–H groups in total. The van der Waals surface area contributed by atoms with Crippen molar-refractivity contribution in [2.45, 2.75) is 27.2 Å². The maximum absolute atomic E-state index is 2.28. The molecule has 0 aliphatic rings. The molecule has 3 rings (SSSR count). The molecule has 0 spiro atoms. The first kappa shape index (κ1) is 15.6. The van der Waals surface area contributed by atoms with Crippen molar-refractivity contribution < 1.29 is 0 Å². The second kappa shape index (κ2) is 6.42. The minimum Gasteiger partial charge on any atom is -0.0622 e. The zero-order chi connectivity index (χ0) is 16.3. The second-order valence-electron chi connectivity index (χ2n) is 7.38. The zero-order valence-electron chi connectivity index (χ0n) is 14.2. The number of benzene rings is 3. The van der Waals surface area contributed by atoms with Gasteiger partial charge in [-0.25, -0.2) is 0 Å². The molecular formula is C23H24. The highest BCUT2D eigenvalue weighted by Crippen LogP contribution is 2.26. The third-order valence-corrected chi connectivity index (χ3v) is 4.01. The van der Waals surface area contributed by atoms with Crippen molar-refractivity contribution in [3.05, 3.63) is 84.4 Å². The molecule has 0 saturated heterocycles. The van der Waals surface area contributed by atoms with E-state index >= 15 is 0 Å². The van der Waals surface area contributed by atoms with Crippen LogP contribution in [0, 0.1) is 5.41 Å². The van der Waals surface area contributed by atoms with E-state index in [0.29, 0.717) is 5.41 Å². The molecule has 0 bridgehead atoms. The fourth-order valence-electron chi connectivity index (χ4n) is 2.91. The van der Waals surface area contributed by atoms with Gasteiger partial charge < -0.3 is 0 Å². The van der Waals surface area contributed by atoms with Crippen molar-refractivity contribution in [1.29, 1.82) is 0 Å². The predicted octanol–water partition coefficient (Wildman–Crippen LogP) is 6.61. The molecule has 0 aliphatic carbocycles. The van der Waals surface area contributed by atoms with Gasteiger partial charge >= 0.3 is 0 Å². The van der Waals surface area contributed by atoms with Crippen molar-refractivity contribution in [1.82, 2.24) is 0 Å². The van der Waals surface area contributed by atoms with Gasteiger partial charge in [-0.3, -0.25) is 0 Å². The van der Waals surface area contributed by atoms with Crippen LogP contribution < -0.4 is 0 Å². The molecule has 0 radical (unpaired) electrons. The first-order valence-corrected chi connectivity index (χ1v) is 8.26. The van der Waals surface area contributed by atoms with E-state index in [1.54, 1.807) is 0 Å². The molecule has 0 atom stereocenters. The molecule has 0 aliphatic heterocycles. The maximum atomic E-state index is 2.28. The molecule has 0 saturated carbocycles. The third-order valence-electron chi connectivity index (χ3n) is 4.01. The Morgan fingerprint density at radius 3 is 1.35 bits per heavy atom. The Morgan fingerprint density at radius 2 is 0.913 bits per heavy atom. The topological polar surface area (TPSA) is 0 Å². The average molecular weight is 300 g/mol. The summed E-state index contributed by atoms with van der Waals surface area (Å²) in [6, 6.07) is 28.3. The second-order valence-corrected chi connectivity index (χ2v) is 7.38. The van der Waals surface area contributed by atoms with Gasteiger partial charge in [0.1, 0.15) is 0 Å². The summed E-state index contributed by atoms with van der Waals surface area (Å²) in [4.78, 5) is 0. The number of rotatable bonds is 3. The molecule has 0 heteroatoms. The van der Waals surface area contributed by atoms with Gasteiger partial charge in [0.05, 0.1) is 0 Å². The van der Waals surface area contributed by atoms with E-state index in [-0.39, 0.29) is 0 Å². The summed E-state index contributed by atoms with van der Waals surface area (Å²) < 4.78 is 0. The summed E-state index contributed by atoms with van der Waals surface area (Å²) in [5.74, 6) is 0. The van der Waals surface area contributed by atoms with Crippen LogP contribution in [0.5, 0.6) is 0 Å². The molecule has 0 fully saturated rings. The van der Waals surface area contributed by atoms with Crippen LogP contribution in [-0.4, -0.2) is 0 Å². The predicted molar refractivity (Wildman–Crippen MR) is 100 cm³/mol. The van der Waals surface area contributed by atoms with Gasteiger partial charge in [-0.05, 0) is 39.7 Å². The largest absolute Gasteiger partial charge is 0.0622 e. The molecule has 0 nitrogen and oxygen atoms in total. The Balaban J connectivity index is 1.80. The SMILES string of the molecule is CC(C)(C)Cc1ccc(-c2ccc(-c3ccccc3)cc2)cc1. The molecule has 3 aromatic rings. The van der Waals surface area contributed by atoms with Crippen molar-refractivity contribution in [3.8, 4) is 22.3 Å². The molecule has 0 unspecified atom stereocenters. The van der Waals surface area contributed by atoms with E-state index < -0.39 is 0 Å². The van der Waals surface area contributed by atoms with Gasteiger partial charge in [-0.15, -0.1) is 0 Å². The van der Waals surface area contributed by atoms with Gasteiger partial charge in [0.15, 0.2) is 0 Å². The van der Waals surface area contributed by atoms with Crippen LogP contribution in [0.25, 0.3) is 22.3 Å². The molecule has 0 aromatic heterocycles. The average Bonchev–Trinajstić information content (AvgIpc) is 2.55. The van der Waals surface area contributed by atoms with Crippen LogP contribution in [0.15, 0.2) is 78.9 Å². The molecule has 0 heterocycles. The van der Waals surface area contributed by atoms with Gasteiger partial charge in [0.25, 0.3) is 0 Å². The summed E-state index contributed by atoms with van der Waals surface area (Å²) in [7, 11) is 0. The minimum atomic E-state index is 0.332. The molecule has 3 aromatic carbocycles. The lowest BCUT2D eigenvalue weighted by molar-refractivity contribution is 0.411. The number of hydrogen-bond donors (Lipinski definition) is 0. The lowest BCUT2D eigenvalue weighted by Gasteiger charge is -2.18. The van der Waals surface area contributed by atoms with Crippen molar-refractivity contribution in [2.24, 2.45) is 5.41 Å². The van der Waals surface area contributed by atoms with Crippen molar-refractivity contribution in [3.63, 3.8) is 0 Å². The number of hydrogen-bond acceptors (Lipinski definition) is 0. The van der Waals surface area contributed by atoms with Gasteiger partial charge in [0, 0.05) is 0 Å². The zero-order valence-corrected chi connectivity index (χ0v) is 14.2. The van der Waals surface area contributed by atoms with Crippen LogP contribution in [0.2, 0.25) is 0 Å². The van der Waals surface area contributed by atoms with Crippen molar-refractivity contribution >= 4 is 0 Å². The van der Waals surface area contributed by atoms with Crippen LogP contribution in [0.1, 0.15) is 26.3 Å². The van der Waals surface area contributed by atoms with Crippen LogP contribution in [-0.2, 0) is 6.42 Å². The smallest absolute Gasteiger partial charge is 0.0184 e. The first-order valence-electron chi connectivity index (χ1n) is 8.26. The third kappa shape index (κ3) is 4.10. The van der Waals surface area contributed by atoms with E-state index in [9.17, 15) is 0 Å². The minimum absolute atomic E-state index is 0.332. The summed E-state index contributed by atoms with van der Waals surface area (Å²) in [5.41, 5.74) is 6.81. The van der Waals surface area contributed by atoms with Gasteiger partial charge in [-0.2, -0.15) is 0 Å². The van der Waals surface area contributed by atoms with E-state index in [2.05, 4.69) is 99.6 Å². The fourth-order valence-corrected chi connectivity index (χ4v) is 2.91. The van der Waals surface area contributed by atoms with Crippen LogP contribution in [0.3, 0.4) is 0 Å². The molecular weight excluding hydrogens is 276 g/mol. The monoisotopic (exact) mass is 300 g/mol. The molecule has 23 heavy (non-hydrogen) atoms. The maximum Gasteiger partial charge on any atom is -0.0184 e. The summed E-state index contributed by atoms with van der Waals surface area (Å²) in [6.07, 6.45) is 1.11. The van der Waals surface area contributed by atoms with E-state index in [4.69, 9.17) is 0 Å². The standard InChI is InChI=1S/C23H24/c1-23(2,3)17-18-9-11-20(12-10-18)22-15-13-21(14-16-22)19-7-5-4-6-8-19/h4-16H,17H2,1-3H3.